The Balaban J connectivity index is 1.03. The van der Waals surface area contributed by atoms with Crippen LogP contribution in [0.3, 0.4) is 0 Å². The fraction of sp³-hybridized carbons (Fsp3) is 0. The summed E-state index contributed by atoms with van der Waals surface area (Å²) in [4.78, 5) is 10.3. The number of benzene rings is 8. The highest BCUT2D eigenvalue weighted by Crippen LogP contribution is 2.40. The summed E-state index contributed by atoms with van der Waals surface area (Å²) >= 11 is 5.04. The maximum absolute atomic E-state index is 9.09. The van der Waals surface area contributed by atoms with E-state index in [0.717, 1.165) is 82.7 Å². The van der Waals surface area contributed by atoms with Gasteiger partial charge in [0.15, 0.2) is 11.7 Å². The highest BCUT2D eigenvalue weighted by Gasteiger charge is 2.16. The molecular formula is C51H36N4OS. The van der Waals surface area contributed by atoms with Crippen molar-refractivity contribution in [3.8, 4) is 33.4 Å². The molecule has 0 aliphatic heterocycles. The number of furan rings is 1. The monoisotopic (exact) mass is 752 g/mol. The van der Waals surface area contributed by atoms with Crippen LogP contribution in [0.15, 0.2) is 213 Å². The molecule has 0 saturated heterocycles. The summed E-state index contributed by atoms with van der Waals surface area (Å²) < 4.78 is 6.35. The van der Waals surface area contributed by atoms with Gasteiger partial charge in [0, 0.05) is 44.3 Å². The number of rotatable bonds is 8. The lowest BCUT2D eigenvalue weighted by molar-refractivity contribution is 0.669. The molecule has 57 heavy (non-hydrogen) atoms. The van der Waals surface area contributed by atoms with Crippen molar-refractivity contribution >= 4 is 63.8 Å². The number of nitrogens with one attached hydrogen (secondary N) is 2. The van der Waals surface area contributed by atoms with Crippen LogP contribution in [0.5, 0.6) is 0 Å². The molecule has 2 N–H and O–H groups in total. The topological polar surface area (TPSA) is 73.7 Å². The molecule has 0 spiro atoms. The minimum absolute atomic E-state index is 0.111. The normalized spacial score (nSPS) is 11.7. The van der Waals surface area contributed by atoms with Gasteiger partial charge in [0.2, 0.25) is 0 Å². The zero-order valence-electron chi connectivity index (χ0n) is 30.8. The summed E-state index contributed by atoms with van der Waals surface area (Å²) in [5, 5.41) is 14.7. The maximum atomic E-state index is 9.09. The van der Waals surface area contributed by atoms with Crippen molar-refractivity contribution in [3.63, 3.8) is 0 Å². The fourth-order valence-electron chi connectivity index (χ4n) is 7.13. The van der Waals surface area contributed by atoms with Crippen LogP contribution in [0.4, 0.5) is 11.4 Å². The van der Waals surface area contributed by atoms with Gasteiger partial charge in [-0.25, -0.2) is 9.98 Å². The third kappa shape index (κ3) is 7.42. The maximum Gasteiger partial charge on any atom is 0.161 e. The molecule has 1 heterocycles. The van der Waals surface area contributed by atoms with Gasteiger partial charge in [-0.15, -0.1) is 12.6 Å². The first-order chi connectivity index (χ1) is 28.1. The Morgan fingerprint density at radius 3 is 1.89 bits per heavy atom. The van der Waals surface area contributed by atoms with E-state index in [4.69, 9.17) is 32.4 Å². The van der Waals surface area contributed by atoms with Crippen LogP contribution in [0.25, 0.3) is 55.3 Å². The number of hydrogen-bond acceptors (Lipinski definition) is 4. The van der Waals surface area contributed by atoms with Gasteiger partial charge in [-0.05, 0) is 69.8 Å². The van der Waals surface area contributed by atoms with Gasteiger partial charge in [-0.3, -0.25) is 5.41 Å². The zero-order chi connectivity index (χ0) is 38.6. The second-order valence-electron chi connectivity index (χ2n) is 13.6. The quantitative estimate of drug-likeness (QED) is 0.0821. The Labute approximate surface area is 336 Å². The highest BCUT2D eigenvalue weighted by molar-refractivity contribution is 7.80. The largest absolute Gasteiger partial charge is 0.456 e. The number of amidine groups is 2. The Hall–Kier alpha value is -7.28. The predicted octanol–water partition coefficient (Wildman–Crippen LogP) is 13.5. The Morgan fingerprint density at radius 1 is 0.526 bits per heavy atom. The van der Waals surface area contributed by atoms with Crippen molar-refractivity contribution in [1.29, 1.82) is 5.41 Å². The van der Waals surface area contributed by atoms with Crippen LogP contribution in [-0.2, 0) is 0 Å². The summed E-state index contributed by atoms with van der Waals surface area (Å²) in [6.45, 7) is 0. The standard InChI is InChI=1S/C51H36N4OS/c52-50(55-51(38-18-8-3-9-19-38)53-33-34-14-4-1-5-15-34)39-30-31-46-43(32-39)48-41(21-13-25-47(48)56-46)36-26-28-37(29-27-36)42-22-12-24-45(49(42)57)54-44-23-11-10-20-40(44)35-16-6-2-7-17-35/h1-33,52,54,57H. The van der Waals surface area contributed by atoms with E-state index in [1.807, 2.05) is 103 Å². The van der Waals surface area contributed by atoms with E-state index in [9.17, 15) is 0 Å². The minimum atomic E-state index is 0.111. The number of aliphatic imine (C=N–C) groups is 2. The number of nitrogens with zero attached hydrogens (tertiary/aromatic N) is 2. The molecule has 0 fully saturated rings. The van der Waals surface area contributed by atoms with Gasteiger partial charge < -0.3 is 9.73 Å². The molecule has 8 aromatic carbocycles. The average molecular weight is 753 g/mol. The van der Waals surface area contributed by atoms with Crippen LogP contribution in [0, 0.1) is 5.41 Å². The average Bonchev–Trinajstić information content (AvgIpc) is 3.65. The number of anilines is 2. The van der Waals surface area contributed by atoms with Crippen molar-refractivity contribution in [2.45, 2.75) is 4.90 Å². The highest BCUT2D eigenvalue weighted by atomic mass is 32.1. The van der Waals surface area contributed by atoms with Crippen molar-refractivity contribution < 1.29 is 4.42 Å². The molecule has 9 rings (SSSR count). The second-order valence-corrected chi connectivity index (χ2v) is 14.1. The molecule has 0 saturated carbocycles. The lowest BCUT2D eigenvalue weighted by Gasteiger charge is -2.16. The molecule has 1 aromatic heterocycles. The zero-order valence-corrected chi connectivity index (χ0v) is 31.7. The Kier molecular flexibility index (Phi) is 9.84. The SMILES string of the molecule is N=C(N=C(N=Cc1ccccc1)c1ccccc1)c1ccc2oc3cccc(-c4ccc(-c5cccc(Nc6ccccc6-c6ccccc6)c5S)cc4)c3c2c1. The fourth-order valence-corrected chi connectivity index (χ4v) is 7.46. The molecule has 0 bridgehead atoms. The molecular weight excluding hydrogens is 717 g/mol. The van der Waals surface area contributed by atoms with Gasteiger partial charge in [-0.1, -0.05) is 158 Å². The summed E-state index contributed by atoms with van der Waals surface area (Å²) in [6.07, 6.45) is 1.78. The van der Waals surface area contributed by atoms with Gasteiger partial charge in [0.1, 0.15) is 11.2 Å². The third-order valence-electron chi connectivity index (χ3n) is 9.98. The van der Waals surface area contributed by atoms with Gasteiger partial charge in [0.25, 0.3) is 0 Å². The minimum Gasteiger partial charge on any atom is -0.456 e. The van der Waals surface area contributed by atoms with E-state index in [-0.39, 0.29) is 5.84 Å². The molecule has 0 aliphatic rings. The van der Waals surface area contributed by atoms with Crippen LogP contribution in [0.1, 0.15) is 16.7 Å². The van der Waals surface area contributed by atoms with E-state index in [1.165, 1.54) is 0 Å². The van der Waals surface area contributed by atoms with Crippen LogP contribution < -0.4 is 5.32 Å². The number of thiol groups is 1. The molecule has 0 atom stereocenters. The summed E-state index contributed by atoms with van der Waals surface area (Å²) in [5.74, 6) is 0.574. The number of para-hydroxylation sites is 1. The molecule has 0 radical (unpaired) electrons. The van der Waals surface area contributed by atoms with E-state index in [2.05, 4.69) is 96.3 Å². The third-order valence-corrected chi connectivity index (χ3v) is 10.5. The lowest BCUT2D eigenvalue weighted by Crippen LogP contribution is -2.04. The summed E-state index contributed by atoms with van der Waals surface area (Å²) in [7, 11) is 0. The first-order valence-corrected chi connectivity index (χ1v) is 19.2. The van der Waals surface area contributed by atoms with Crippen molar-refractivity contribution in [3.05, 3.63) is 211 Å². The molecule has 0 unspecified atom stereocenters. The van der Waals surface area contributed by atoms with Crippen LogP contribution >= 0.6 is 12.6 Å². The molecule has 9 aromatic rings. The van der Waals surface area contributed by atoms with Crippen molar-refractivity contribution in [2.24, 2.45) is 9.98 Å². The Bertz CT molecular complexity index is 2940. The number of hydrogen-bond donors (Lipinski definition) is 3. The molecule has 0 aliphatic carbocycles. The molecule has 5 nitrogen and oxygen atoms in total. The van der Waals surface area contributed by atoms with E-state index in [1.54, 1.807) is 6.21 Å². The smallest absolute Gasteiger partial charge is 0.161 e. The summed E-state index contributed by atoms with van der Waals surface area (Å²) in [5.41, 5.74) is 12.4. The second kappa shape index (κ2) is 15.8. The molecule has 6 heteroatoms. The van der Waals surface area contributed by atoms with E-state index in [0.29, 0.717) is 11.4 Å². The van der Waals surface area contributed by atoms with Gasteiger partial charge >= 0.3 is 0 Å². The molecule has 0 amide bonds. The van der Waals surface area contributed by atoms with Gasteiger partial charge in [-0.2, -0.15) is 0 Å². The van der Waals surface area contributed by atoms with E-state index >= 15 is 0 Å². The lowest BCUT2D eigenvalue weighted by atomic mass is 9.96. The predicted molar refractivity (Wildman–Crippen MR) is 241 cm³/mol. The van der Waals surface area contributed by atoms with E-state index < -0.39 is 0 Å². The van der Waals surface area contributed by atoms with Crippen LogP contribution in [-0.4, -0.2) is 17.9 Å². The van der Waals surface area contributed by atoms with Gasteiger partial charge in [0.05, 0.1) is 5.69 Å². The number of fused-ring (bicyclic) bond motifs is 3. The molecule has 272 valence electrons. The summed E-state index contributed by atoms with van der Waals surface area (Å²) in [6, 6.07) is 65.1. The van der Waals surface area contributed by atoms with Crippen LogP contribution in [0.2, 0.25) is 0 Å². The first-order valence-electron chi connectivity index (χ1n) is 18.7. The Morgan fingerprint density at radius 2 is 1.12 bits per heavy atom. The first kappa shape index (κ1) is 35.4. The van der Waals surface area contributed by atoms with Crippen molar-refractivity contribution in [2.75, 3.05) is 5.32 Å². The van der Waals surface area contributed by atoms with Crippen molar-refractivity contribution in [1.82, 2.24) is 0 Å².